The van der Waals surface area contributed by atoms with Crippen LogP contribution in [0.15, 0.2) is 91.5 Å². The molecule has 0 saturated carbocycles. The molecule has 0 N–H and O–H groups in total. The first-order valence-corrected chi connectivity index (χ1v) is 12.5. The van der Waals surface area contributed by atoms with Gasteiger partial charge in [0.2, 0.25) is 0 Å². The number of nitrogens with zero attached hydrogens (tertiary/aromatic N) is 1. The molecule has 0 spiro atoms. The van der Waals surface area contributed by atoms with Crippen molar-refractivity contribution in [1.29, 1.82) is 0 Å². The molecule has 0 aromatic heterocycles. The van der Waals surface area contributed by atoms with Crippen LogP contribution in [0.5, 0.6) is 0 Å². The van der Waals surface area contributed by atoms with Crippen LogP contribution in [0.25, 0.3) is 0 Å². The number of carbonyl (C=O) groups excluding carboxylic acids is 2. The number of morpholine rings is 1. The number of esters is 1. The zero-order valence-corrected chi connectivity index (χ0v) is 21.4. The Morgan fingerprint density at radius 1 is 1.03 bits per heavy atom. The summed E-state index contributed by atoms with van der Waals surface area (Å²) in [7, 11) is 0. The molecule has 1 aliphatic heterocycles. The van der Waals surface area contributed by atoms with Crippen LogP contribution in [0, 0.1) is 0 Å². The van der Waals surface area contributed by atoms with Gasteiger partial charge in [-0.05, 0) is 47.9 Å². The van der Waals surface area contributed by atoms with Crippen molar-refractivity contribution >= 4 is 35.1 Å². The van der Waals surface area contributed by atoms with Gasteiger partial charge in [-0.1, -0.05) is 83.9 Å². The van der Waals surface area contributed by atoms with E-state index in [4.69, 9.17) is 32.7 Å². The summed E-state index contributed by atoms with van der Waals surface area (Å²) in [4.78, 5) is 29.1. The number of benzene rings is 3. The van der Waals surface area contributed by atoms with Gasteiger partial charge in [0.1, 0.15) is 12.2 Å². The zero-order chi connectivity index (χ0) is 25.7. The van der Waals surface area contributed by atoms with Crippen LogP contribution in [-0.4, -0.2) is 29.5 Å². The van der Waals surface area contributed by atoms with Crippen LogP contribution in [0.1, 0.15) is 48.2 Å². The molecular formula is C29H27Cl2NO4. The molecule has 1 fully saturated rings. The van der Waals surface area contributed by atoms with Gasteiger partial charge in [0.15, 0.2) is 6.04 Å². The third kappa shape index (κ3) is 5.49. The lowest BCUT2D eigenvalue weighted by molar-refractivity contribution is -0.186. The van der Waals surface area contributed by atoms with Crippen molar-refractivity contribution in [3.63, 3.8) is 0 Å². The maximum atomic E-state index is 14.0. The minimum atomic E-state index is -0.989. The fourth-order valence-corrected chi connectivity index (χ4v) is 4.89. The van der Waals surface area contributed by atoms with E-state index in [2.05, 4.69) is 6.58 Å². The second-order valence-corrected chi connectivity index (χ2v) is 9.30. The molecule has 4 atom stereocenters. The highest BCUT2D eigenvalue weighted by molar-refractivity contribution is 6.30. The molecule has 1 saturated heterocycles. The molecule has 0 bridgehead atoms. The summed E-state index contributed by atoms with van der Waals surface area (Å²) in [6.07, 6.45) is 0.466. The van der Waals surface area contributed by atoms with E-state index in [1.54, 1.807) is 36.1 Å². The highest BCUT2D eigenvalue weighted by Crippen LogP contribution is 2.47. The van der Waals surface area contributed by atoms with Crippen molar-refractivity contribution in [2.24, 2.45) is 0 Å². The summed E-state index contributed by atoms with van der Waals surface area (Å²) < 4.78 is 11.9. The van der Waals surface area contributed by atoms with Gasteiger partial charge in [0.25, 0.3) is 5.91 Å². The summed E-state index contributed by atoms with van der Waals surface area (Å²) in [6, 6.07) is 22.0. The Kier molecular flexibility index (Phi) is 8.47. The Morgan fingerprint density at radius 3 is 2.39 bits per heavy atom. The van der Waals surface area contributed by atoms with Crippen LogP contribution in [0.4, 0.5) is 0 Å². The van der Waals surface area contributed by atoms with Gasteiger partial charge in [0.05, 0.1) is 12.6 Å². The standard InChI is InChI=1S/C29H27Cl2NO4/c1-3-9-24-28(33)32(26(29(34)35-4-2)19-10-6-5-7-11-19)25(20-14-16-22(30)17-15-20)27(36-24)21-12-8-13-23(31)18-21/h3,5-8,10-18,24-27H,1,4,9H2,2H3/t24-,25+,26+,27-/m1/s1. The Balaban J connectivity index is 1.95. The van der Waals surface area contributed by atoms with Gasteiger partial charge in [0, 0.05) is 16.5 Å². The molecular weight excluding hydrogens is 497 g/mol. The average Bonchev–Trinajstić information content (AvgIpc) is 2.88. The second-order valence-electron chi connectivity index (χ2n) is 8.43. The summed E-state index contributed by atoms with van der Waals surface area (Å²) in [5.74, 6) is -0.838. The summed E-state index contributed by atoms with van der Waals surface area (Å²) in [6.45, 7) is 5.73. The van der Waals surface area contributed by atoms with E-state index in [1.165, 1.54) is 0 Å². The summed E-state index contributed by atoms with van der Waals surface area (Å²) in [5.41, 5.74) is 2.19. The number of hydrogen-bond acceptors (Lipinski definition) is 4. The van der Waals surface area contributed by atoms with Gasteiger partial charge in [-0.2, -0.15) is 0 Å². The maximum Gasteiger partial charge on any atom is 0.333 e. The largest absolute Gasteiger partial charge is 0.464 e. The number of halogens is 2. The fourth-order valence-electron chi connectivity index (χ4n) is 4.56. The first-order valence-electron chi connectivity index (χ1n) is 11.8. The molecule has 1 amide bonds. The topological polar surface area (TPSA) is 55.8 Å². The highest BCUT2D eigenvalue weighted by Gasteiger charge is 2.49. The molecule has 0 radical (unpaired) electrons. The van der Waals surface area contributed by atoms with E-state index in [0.717, 1.165) is 11.1 Å². The third-order valence-electron chi connectivity index (χ3n) is 6.10. The fraction of sp³-hybridized carbons (Fsp3) is 0.241. The quantitative estimate of drug-likeness (QED) is 0.238. The molecule has 5 nitrogen and oxygen atoms in total. The number of carbonyl (C=O) groups is 2. The van der Waals surface area contributed by atoms with E-state index >= 15 is 0 Å². The van der Waals surface area contributed by atoms with E-state index in [-0.39, 0.29) is 18.9 Å². The van der Waals surface area contributed by atoms with Crippen molar-refractivity contribution in [3.05, 3.63) is 118 Å². The van der Waals surface area contributed by atoms with Crippen LogP contribution in [0.2, 0.25) is 10.0 Å². The zero-order valence-electron chi connectivity index (χ0n) is 19.8. The molecule has 186 valence electrons. The number of ether oxygens (including phenoxy) is 2. The number of hydrogen-bond donors (Lipinski definition) is 0. The van der Waals surface area contributed by atoms with Gasteiger partial charge in [-0.25, -0.2) is 4.79 Å². The Labute approximate surface area is 221 Å². The van der Waals surface area contributed by atoms with Gasteiger partial charge < -0.3 is 14.4 Å². The predicted octanol–water partition coefficient (Wildman–Crippen LogP) is 6.88. The minimum absolute atomic E-state index is 0.181. The minimum Gasteiger partial charge on any atom is -0.464 e. The van der Waals surface area contributed by atoms with Crippen molar-refractivity contribution in [1.82, 2.24) is 4.90 Å². The van der Waals surface area contributed by atoms with Crippen LogP contribution >= 0.6 is 23.2 Å². The molecule has 1 heterocycles. The smallest absolute Gasteiger partial charge is 0.333 e. The Hall–Kier alpha value is -3.12. The van der Waals surface area contributed by atoms with Crippen LogP contribution in [0.3, 0.4) is 0 Å². The normalized spacial score (nSPS) is 20.6. The lowest BCUT2D eigenvalue weighted by Crippen LogP contribution is -2.53. The molecule has 4 rings (SSSR count). The molecule has 36 heavy (non-hydrogen) atoms. The first kappa shape index (κ1) is 26.0. The third-order valence-corrected chi connectivity index (χ3v) is 6.59. The number of rotatable bonds is 8. The van der Waals surface area contributed by atoms with Gasteiger partial charge >= 0.3 is 5.97 Å². The number of amides is 1. The lowest BCUT2D eigenvalue weighted by atomic mass is 9.88. The first-order chi connectivity index (χ1) is 17.4. The van der Waals surface area contributed by atoms with Crippen molar-refractivity contribution < 1.29 is 19.1 Å². The summed E-state index contributed by atoms with van der Waals surface area (Å²) in [5, 5.41) is 1.10. The molecule has 0 aliphatic carbocycles. The molecule has 3 aromatic carbocycles. The van der Waals surface area contributed by atoms with Gasteiger partial charge in [-0.15, -0.1) is 6.58 Å². The average molecular weight is 524 g/mol. The molecule has 7 heteroatoms. The predicted molar refractivity (Wildman–Crippen MR) is 141 cm³/mol. The van der Waals surface area contributed by atoms with Gasteiger partial charge in [-0.3, -0.25) is 4.79 Å². The van der Waals surface area contributed by atoms with Crippen molar-refractivity contribution in [2.75, 3.05) is 6.61 Å². The van der Waals surface area contributed by atoms with Crippen molar-refractivity contribution in [3.8, 4) is 0 Å². The Morgan fingerprint density at radius 2 is 1.75 bits per heavy atom. The lowest BCUT2D eigenvalue weighted by Gasteiger charge is -2.47. The second kappa shape index (κ2) is 11.7. The van der Waals surface area contributed by atoms with Crippen LogP contribution in [-0.2, 0) is 19.1 Å². The molecule has 1 aliphatic rings. The molecule has 3 aromatic rings. The summed E-state index contributed by atoms with van der Waals surface area (Å²) >= 11 is 12.5. The van der Waals surface area contributed by atoms with E-state index in [0.29, 0.717) is 15.6 Å². The van der Waals surface area contributed by atoms with E-state index in [1.807, 2.05) is 60.7 Å². The van der Waals surface area contributed by atoms with Crippen LogP contribution < -0.4 is 0 Å². The SMILES string of the molecule is C=CC[C@H]1O[C@H](c2cccc(Cl)c2)[C@H](c2ccc(Cl)cc2)N([C@H](C(=O)OCC)c2ccccc2)C1=O. The van der Waals surface area contributed by atoms with E-state index in [9.17, 15) is 9.59 Å². The van der Waals surface area contributed by atoms with E-state index < -0.39 is 30.3 Å². The maximum absolute atomic E-state index is 14.0. The van der Waals surface area contributed by atoms with Crippen molar-refractivity contribution in [2.45, 2.75) is 37.6 Å². The highest BCUT2D eigenvalue weighted by atomic mass is 35.5. The Bertz CT molecular complexity index is 1220. The monoisotopic (exact) mass is 523 g/mol. The molecule has 0 unspecified atom stereocenters.